The maximum absolute atomic E-state index is 11.4. The molecule has 2 N–H and O–H groups in total. The van der Waals surface area contributed by atoms with E-state index in [0.29, 0.717) is 24.8 Å². The molecule has 1 aliphatic rings. The number of halogens is 1. The van der Waals surface area contributed by atoms with Crippen LogP contribution < -0.4 is 5.32 Å². The molecule has 2 heterocycles. The Labute approximate surface area is 123 Å². The number of hydrogen-bond donors (Lipinski definition) is 2. The number of anilines is 1. The summed E-state index contributed by atoms with van der Waals surface area (Å²) in [4.78, 5) is 15.5. The van der Waals surface area contributed by atoms with Crippen molar-refractivity contribution in [3.63, 3.8) is 0 Å². The monoisotopic (exact) mass is 298 g/mol. The van der Waals surface area contributed by atoms with Crippen molar-refractivity contribution in [1.82, 2.24) is 4.98 Å². The van der Waals surface area contributed by atoms with E-state index in [9.17, 15) is 9.90 Å². The van der Waals surface area contributed by atoms with Gasteiger partial charge in [-0.25, -0.2) is 0 Å². The molecular formula is C14H19ClN2O3. The molecule has 1 unspecified atom stereocenters. The largest absolute Gasteiger partial charge is 0.481 e. The van der Waals surface area contributed by atoms with E-state index in [1.165, 1.54) is 0 Å². The third-order valence-corrected chi connectivity index (χ3v) is 4.21. The van der Waals surface area contributed by atoms with Crippen LogP contribution in [0.2, 0.25) is 5.02 Å². The fourth-order valence-electron chi connectivity index (χ4n) is 2.48. The van der Waals surface area contributed by atoms with Crippen LogP contribution in [0.1, 0.15) is 18.5 Å². The Morgan fingerprint density at radius 1 is 1.60 bits per heavy atom. The zero-order valence-electron chi connectivity index (χ0n) is 11.4. The Bertz CT molecular complexity index is 475. The van der Waals surface area contributed by atoms with E-state index in [2.05, 4.69) is 10.3 Å². The van der Waals surface area contributed by atoms with E-state index in [4.69, 9.17) is 16.3 Å². The van der Waals surface area contributed by atoms with Crippen molar-refractivity contribution in [3.8, 4) is 0 Å². The van der Waals surface area contributed by atoms with Crippen LogP contribution >= 0.6 is 11.6 Å². The number of hydrogen-bond acceptors (Lipinski definition) is 4. The van der Waals surface area contributed by atoms with Gasteiger partial charge >= 0.3 is 5.97 Å². The van der Waals surface area contributed by atoms with Gasteiger partial charge in [-0.2, -0.15) is 0 Å². The molecule has 0 radical (unpaired) electrons. The summed E-state index contributed by atoms with van der Waals surface area (Å²) in [6.07, 6.45) is 3.25. The van der Waals surface area contributed by atoms with Crippen molar-refractivity contribution in [3.05, 3.63) is 23.0 Å². The Balaban J connectivity index is 2.01. The summed E-state index contributed by atoms with van der Waals surface area (Å²) in [5.41, 5.74) is 1.46. The lowest BCUT2D eigenvalue weighted by Crippen LogP contribution is -2.34. The smallest absolute Gasteiger partial charge is 0.308 e. The number of carbonyl (C=O) groups is 1. The third-order valence-electron chi connectivity index (χ3n) is 3.73. The van der Waals surface area contributed by atoms with Gasteiger partial charge in [0.2, 0.25) is 0 Å². The molecule has 6 heteroatoms. The molecule has 20 heavy (non-hydrogen) atoms. The van der Waals surface area contributed by atoms with Crippen LogP contribution in [-0.2, 0) is 9.53 Å². The number of ether oxygens (including phenoxy) is 1. The van der Waals surface area contributed by atoms with Crippen molar-refractivity contribution in [2.45, 2.75) is 19.8 Å². The number of carboxylic acids is 1. The molecule has 1 aliphatic heterocycles. The molecule has 1 saturated heterocycles. The van der Waals surface area contributed by atoms with Crippen LogP contribution in [0.4, 0.5) is 5.69 Å². The molecule has 0 spiro atoms. The van der Waals surface area contributed by atoms with Crippen LogP contribution in [-0.4, -0.2) is 35.8 Å². The predicted molar refractivity (Wildman–Crippen MR) is 77.1 cm³/mol. The molecule has 0 amide bonds. The number of rotatable bonds is 5. The molecular weight excluding hydrogens is 280 g/mol. The molecule has 1 aromatic rings. The van der Waals surface area contributed by atoms with E-state index in [0.717, 1.165) is 24.2 Å². The van der Waals surface area contributed by atoms with Gasteiger partial charge in [-0.15, -0.1) is 0 Å². The first-order chi connectivity index (χ1) is 9.59. The van der Waals surface area contributed by atoms with Crippen molar-refractivity contribution in [2.24, 2.45) is 11.8 Å². The van der Waals surface area contributed by atoms with Crippen LogP contribution in [0.15, 0.2) is 12.3 Å². The molecule has 0 bridgehead atoms. The SMILES string of the molecule is Cc1nccc(NCC(C(=O)O)C2CCOCC2)c1Cl. The Hall–Kier alpha value is -1.33. The predicted octanol–water partition coefficient (Wildman–Crippen LogP) is 2.58. The third kappa shape index (κ3) is 3.61. The fraction of sp³-hybridized carbons (Fsp3) is 0.571. The number of aliphatic carboxylic acids is 1. The molecule has 0 aliphatic carbocycles. The van der Waals surface area contributed by atoms with Crippen LogP contribution in [0.3, 0.4) is 0 Å². The second-order valence-corrected chi connectivity index (χ2v) is 5.41. The second-order valence-electron chi connectivity index (χ2n) is 5.03. The lowest BCUT2D eigenvalue weighted by atomic mass is 9.86. The van der Waals surface area contributed by atoms with Gasteiger partial charge in [0.15, 0.2) is 0 Å². The molecule has 2 rings (SSSR count). The molecule has 110 valence electrons. The highest BCUT2D eigenvalue weighted by Gasteiger charge is 2.29. The van der Waals surface area contributed by atoms with Gasteiger partial charge in [0.1, 0.15) is 0 Å². The normalized spacial score (nSPS) is 17.7. The summed E-state index contributed by atoms with van der Waals surface area (Å²) < 4.78 is 5.28. The topological polar surface area (TPSA) is 71.5 Å². The summed E-state index contributed by atoms with van der Waals surface area (Å²) >= 11 is 6.15. The number of carboxylic acid groups (broad SMARTS) is 1. The minimum absolute atomic E-state index is 0.149. The standard InChI is InChI=1S/C14H19ClN2O3/c1-9-13(15)12(2-5-16-9)17-8-11(14(18)19)10-3-6-20-7-4-10/h2,5,10-11H,3-4,6-8H2,1H3,(H,16,17)(H,18,19). The Kier molecular flexibility index (Phi) is 5.20. The zero-order chi connectivity index (χ0) is 14.5. The van der Waals surface area contributed by atoms with Gasteiger partial charge in [-0.3, -0.25) is 9.78 Å². The van der Waals surface area contributed by atoms with Crippen LogP contribution in [0.25, 0.3) is 0 Å². The Morgan fingerprint density at radius 2 is 2.30 bits per heavy atom. The van der Waals surface area contributed by atoms with Gasteiger partial charge in [0.05, 0.1) is 22.3 Å². The lowest BCUT2D eigenvalue weighted by molar-refractivity contribution is -0.144. The van der Waals surface area contributed by atoms with E-state index in [-0.39, 0.29) is 5.92 Å². The van der Waals surface area contributed by atoms with E-state index < -0.39 is 11.9 Å². The van der Waals surface area contributed by atoms with Gasteiger partial charge in [0.25, 0.3) is 0 Å². The summed E-state index contributed by atoms with van der Waals surface area (Å²) in [5.74, 6) is -1.05. The molecule has 0 saturated carbocycles. The highest BCUT2D eigenvalue weighted by molar-refractivity contribution is 6.33. The van der Waals surface area contributed by atoms with Crippen molar-refractivity contribution in [2.75, 3.05) is 25.1 Å². The second kappa shape index (κ2) is 6.90. The molecule has 1 aromatic heterocycles. The average molecular weight is 299 g/mol. The number of pyridine rings is 1. The van der Waals surface area contributed by atoms with E-state index in [1.807, 2.05) is 6.92 Å². The highest BCUT2D eigenvalue weighted by Crippen LogP contribution is 2.27. The lowest BCUT2D eigenvalue weighted by Gasteiger charge is -2.28. The van der Waals surface area contributed by atoms with Gasteiger partial charge in [-0.05, 0) is 31.7 Å². The fourth-order valence-corrected chi connectivity index (χ4v) is 2.66. The van der Waals surface area contributed by atoms with E-state index >= 15 is 0 Å². The number of aryl methyl sites for hydroxylation is 1. The van der Waals surface area contributed by atoms with Crippen LogP contribution in [0.5, 0.6) is 0 Å². The number of nitrogens with one attached hydrogen (secondary N) is 1. The quantitative estimate of drug-likeness (QED) is 0.874. The van der Waals surface area contributed by atoms with Gasteiger partial charge in [-0.1, -0.05) is 11.6 Å². The molecule has 0 aromatic carbocycles. The zero-order valence-corrected chi connectivity index (χ0v) is 12.2. The summed E-state index contributed by atoms with van der Waals surface area (Å²) in [6, 6.07) is 1.76. The minimum Gasteiger partial charge on any atom is -0.481 e. The first kappa shape index (κ1) is 15.1. The first-order valence-electron chi connectivity index (χ1n) is 6.75. The van der Waals surface area contributed by atoms with Crippen molar-refractivity contribution < 1.29 is 14.6 Å². The van der Waals surface area contributed by atoms with Crippen molar-refractivity contribution in [1.29, 1.82) is 0 Å². The van der Waals surface area contributed by atoms with Crippen molar-refractivity contribution >= 4 is 23.3 Å². The minimum atomic E-state index is -0.772. The summed E-state index contributed by atoms with van der Waals surface area (Å²) in [6.45, 7) is 3.47. The maximum atomic E-state index is 11.4. The molecule has 5 nitrogen and oxygen atoms in total. The highest BCUT2D eigenvalue weighted by atomic mass is 35.5. The number of aromatic nitrogens is 1. The molecule has 1 atom stereocenters. The van der Waals surface area contributed by atoms with Crippen LogP contribution in [0, 0.1) is 18.8 Å². The summed E-state index contributed by atoms with van der Waals surface area (Å²) in [7, 11) is 0. The molecule has 1 fully saturated rings. The van der Waals surface area contributed by atoms with Gasteiger partial charge < -0.3 is 15.2 Å². The van der Waals surface area contributed by atoms with Gasteiger partial charge in [0, 0.05) is 26.0 Å². The maximum Gasteiger partial charge on any atom is 0.308 e. The van der Waals surface area contributed by atoms with E-state index in [1.54, 1.807) is 12.3 Å². The summed E-state index contributed by atoms with van der Waals surface area (Å²) in [5, 5.41) is 13.1. The first-order valence-corrected chi connectivity index (χ1v) is 7.13. The Morgan fingerprint density at radius 3 is 2.95 bits per heavy atom. The number of nitrogens with zero attached hydrogens (tertiary/aromatic N) is 1. The average Bonchev–Trinajstić information content (AvgIpc) is 2.44.